The Morgan fingerprint density at radius 1 is 1.55 bits per heavy atom. The molecule has 0 fully saturated rings. The van der Waals surface area contributed by atoms with Gasteiger partial charge in [-0.3, -0.25) is 4.79 Å². The molecule has 1 aromatic heterocycles. The van der Waals surface area contributed by atoms with Crippen LogP contribution in [0.2, 0.25) is 5.02 Å². The molecule has 6 nitrogen and oxygen atoms in total. The van der Waals surface area contributed by atoms with Crippen LogP contribution in [-0.2, 0) is 11.8 Å². The second-order valence-electron chi connectivity index (χ2n) is 4.04. The Morgan fingerprint density at radius 3 is 3.05 bits per heavy atom. The third-order valence-electron chi connectivity index (χ3n) is 2.52. The molecule has 0 aliphatic carbocycles. The van der Waals surface area contributed by atoms with Crippen LogP contribution in [0, 0.1) is 0 Å². The maximum Gasteiger partial charge on any atom is 0.225 e. The molecule has 1 amide bonds. The van der Waals surface area contributed by atoms with Crippen LogP contribution in [0.3, 0.4) is 0 Å². The number of aryl methyl sites for hydroxylation is 1. The van der Waals surface area contributed by atoms with Gasteiger partial charge in [0.25, 0.3) is 0 Å². The number of anilines is 2. The quantitative estimate of drug-likeness (QED) is 0.653. The number of nitrogens with two attached hydrogens (primary N) is 1. The molecule has 0 radical (unpaired) electrons. The van der Waals surface area contributed by atoms with Gasteiger partial charge >= 0.3 is 0 Å². The summed E-state index contributed by atoms with van der Waals surface area (Å²) in [5.74, 6) is 0.493. The van der Waals surface area contributed by atoms with E-state index in [0.29, 0.717) is 28.6 Å². The summed E-state index contributed by atoms with van der Waals surface area (Å²) in [7, 11) is 1.81. The average Bonchev–Trinajstić information content (AvgIpc) is 2.80. The number of aromatic nitrogens is 3. The number of amides is 1. The van der Waals surface area contributed by atoms with E-state index >= 15 is 0 Å². The first-order valence-corrected chi connectivity index (χ1v) is 7.24. The van der Waals surface area contributed by atoms with Crippen LogP contribution >= 0.6 is 23.4 Å². The van der Waals surface area contributed by atoms with Gasteiger partial charge in [-0.05, 0) is 18.2 Å². The molecule has 0 unspecified atom stereocenters. The van der Waals surface area contributed by atoms with Gasteiger partial charge in [0.15, 0.2) is 5.16 Å². The van der Waals surface area contributed by atoms with Crippen LogP contribution in [-0.4, -0.2) is 26.4 Å². The van der Waals surface area contributed by atoms with E-state index in [1.54, 1.807) is 22.9 Å². The van der Waals surface area contributed by atoms with E-state index in [9.17, 15) is 4.79 Å². The van der Waals surface area contributed by atoms with Gasteiger partial charge < -0.3 is 11.1 Å². The van der Waals surface area contributed by atoms with Crippen molar-refractivity contribution in [1.82, 2.24) is 14.8 Å². The van der Waals surface area contributed by atoms with Crippen molar-refractivity contribution < 1.29 is 4.79 Å². The summed E-state index contributed by atoms with van der Waals surface area (Å²) in [4.78, 5) is 15.9. The largest absolute Gasteiger partial charge is 0.397 e. The predicted molar refractivity (Wildman–Crippen MR) is 80.8 cm³/mol. The molecule has 1 heterocycles. The number of thioether (sulfide) groups is 1. The van der Waals surface area contributed by atoms with Gasteiger partial charge in [-0.25, -0.2) is 9.67 Å². The number of rotatable bonds is 5. The Kier molecular flexibility index (Phi) is 4.86. The highest BCUT2D eigenvalue weighted by Crippen LogP contribution is 2.23. The van der Waals surface area contributed by atoms with Crippen molar-refractivity contribution in [2.24, 2.45) is 7.05 Å². The van der Waals surface area contributed by atoms with E-state index < -0.39 is 0 Å². The monoisotopic (exact) mass is 311 g/mol. The zero-order valence-electron chi connectivity index (χ0n) is 10.8. The number of carbonyl (C=O) groups is 1. The van der Waals surface area contributed by atoms with Gasteiger partial charge in [0.2, 0.25) is 5.91 Å². The maximum absolute atomic E-state index is 11.8. The van der Waals surface area contributed by atoms with Crippen molar-refractivity contribution in [2.45, 2.75) is 11.6 Å². The van der Waals surface area contributed by atoms with Crippen LogP contribution in [0.15, 0.2) is 29.7 Å². The molecule has 3 N–H and O–H groups in total. The second kappa shape index (κ2) is 6.62. The number of nitrogens with zero attached hydrogens (tertiary/aromatic N) is 3. The predicted octanol–water partition coefficient (Wildman–Crippen LogP) is 2.17. The van der Waals surface area contributed by atoms with Crippen LogP contribution in [0.5, 0.6) is 0 Å². The van der Waals surface area contributed by atoms with Gasteiger partial charge in [0.1, 0.15) is 6.33 Å². The summed E-state index contributed by atoms with van der Waals surface area (Å²) in [6.07, 6.45) is 1.83. The minimum absolute atomic E-state index is 0.117. The van der Waals surface area contributed by atoms with Gasteiger partial charge in [0, 0.05) is 24.2 Å². The molecular weight excluding hydrogens is 298 g/mol. The summed E-state index contributed by atoms with van der Waals surface area (Å²) in [6.45, 7) is 0. The maximum atomic E-state index is 11.8. The fraction of sp³-hybridized carbons (Fsp3) is 0.250. The highest BCUT2D eigenvalue weighted by molar-refractivity contribution is 7.99. The van der Waals surface area contributed by atoms with E-state index in [1.807, 2.05) is 7.05 Å². The van der Waals surface area contributed by atoms with E-state index in [1.165, 1.54) is 18.1 Å². The molecule has 0 atom stereocenters. The van der Waals surface area contributed by atoms with Gasteiger partial charge in [-0.15, -0.1) is 0 Å². The highest BCUT2D eigenvalue weighted by atomic mass is 35.5. The number of carbonyl (C=O) groups excluding carboxylic acids is 1. The molecule has 8 heteroatoms. The van der Waals surface area contributed by atoms with Crippen molar-refractivity contribution in [1.29, 1.82) is 0 Å². The summed E-state index contributed by atoms with van der Waals surface area (Å²) < 4.78 is 1.66. The number of nitrogen functional groups attached to an aromatic ring is 1. The summed E-state index contributed by atoms with van der Waals surface area (Å²) >= 11 is 7.33. The summed E-state index contributed by atoms with van der Waals surface area (Å²) in [5, 5.41) is 8.01. The third kappa shape index (κ3) is 3.88. The average molecular weight is 312 g/mol. The third-order valence-corrected chi connectivity index (χ3v) is 3.79. The van der Waals surface area contributed by atoms with Gasteiger partial charge in [0.05, 0.1) is 11.4 Å². The molecule has 0 bridgehead atoms. The van der Waals surface area contributed by atoms with Crippen LogP contribution < -0.4 is 11.1 Å². The molecule has 0 spiro atoms. The second-order valence-corrected chi connectivity index (χ2v) is 5.54. The summed E-state index contributed by atoms with van der Waals surface area (Å²) in [6, 6.07) is 4.97. The first kappa shape index (κ1) is 14.7. The molecule has 106 valence electrons. The lowest BCUT2D eigenvalue weighted by molar-refractivity contribution is -0.115. The first-order chi connectivity index (χ1) is 9.56. The van der Waals surface area contributed by atoms with Crippen molar-refractivity contribution >= 4 is 40.6 Å². The molecule has 0 aliphatic rings. The molecule has 0 saturated heterocycles. The molecular formula is C12H14ClN5OS. The van der Waals surface area contributed by atoms with Crippen LogP contribution in [0.1, 0.15) is 6.42 Å². The Labute approximate surface area is 125 Å². The van der Waals surface area contributed by atoms with Crippen molar-refractivity contribution in [2.75, 3.05) is 16.8 Å². The molecule has 2 rings (SSSR count). The number of hydrogen-bond acceptors (Lipinski definition) is 5. The van der Waals surface area contributed by atoms with Crippen molar-refractivity contribution in [3.63, 3.8) is 0 Å². The molecule has 2 aromatic rings. The van der Waals surface area contributed by atoms with Crippen LogP contribution in [0.25, 0.3) is 0 Å². The lowest BCUT2D eigenvalue weighted by atomic mass is 10.2. The Balaban J connectivity index is 1.84. The molecule has 1 aromatic carbocycles. The van der Waals surface area contributed by atoms with E-state index in [4.69, 9.17) is 17.3 Å². The topological polar surface area (TPSA) is 85.8 Å². The number of halogens is 1. The minimum Gasteiger partial charge on any atom is -0.397 e. The van der Waals surface area contributed by atoms with E-state index in [2.05, 4.69) is 15.4 Å². The van der Waals surface area contributed by atoms with Gasteiger partial charge in [-0.2, -0.15) is 5.10 Å². The molecule has 0 aliphatic heterocycles. The van der Waals surface area contributed by atoms with E-state index in [0.717, 1.165) is 5.16 Å². The standard InChI is InChI=1S/C12H14ClN5OS/c1-18-12(15-7-16-18)20-5-4-11(19)17-10-6-8(13)2-3-9(10)14/h2-3,6-7H,4-5,14H2,1H3,(H,17,19). The fourth-order valence-electron chi connectivity index (χ4n) is 1.50. The number of hydrogen-bond donors (Lipinski definition) is 2. The fourth-order valence-corrected chi connectivity index (χ4v) is 2.50. The van der Waals surface area contributed by atoms with E-state index in [-0.39, 0.29) is 5.91 Å². The minimum atomic E-state index is -0.117. The zero-order chi connectivity index (χ0) is 14.5. The lowest BCUT2D eigenvalue weighted by Gasteiger charge is -2.08. The molecule has 20 heavy (non-hydrogen) atoms. The lowest BCUT2D eigenvalue weighted by Crippen LogP contribution is -2.13. The zero-order valence-corrected chi connectivity index (χ0v) is 12.4. The number of benzene rings is 1. The Bertz CT molecular complexity index is 616. The van der Waals surface area contributed by atoms with Crippen LogP contribution in [0.4, 0.5) is 11.4 Å². The Hall–Kier alpha value is -1.73. The summed E-state index contributed by atoms with van der Waals surface area (Å²) in [5.41, 5.74) is 6.79. The van der Waals surface area contributed by atoms with Crippen molar-refractivity contribution in [3.05, 3.63) is 29.5 Å². The highest BCUT2D eigenvalue weighted by Gasteiger charge is 2.07. The number of nitrogens with one attached hydrogen (secondary N) is 1. The first-order valence-electron chi connectivity index (χ1n) is 5.88. The van der Waals surface area contributed by atoms with Crippen molar-refractivity contribution in [3.8, 4) is 0 Å². The SMILES string of the molecule is Cn1ncnc1SCCC(=O)Nc1cc(Cl)ccc1N. The normalized spacial score (nSPS) is 10.5. The molecule has 0 saturated carbocycles. The smallest absolute Gasteiger partial charge is 0.225 e. The van der Waals surface area contributed by atoms with Gasteiger partial charge in [-0.1, -0.05) is 23.4 Å². The Morgan fingerprint density at radius 2 is 2.35 bits per heavy atom.